The van der Waals surface area contributed by atoms with Gasteiger partial charge in [-0.05, 0) is 36.2 Å². The third kappa shape index (κ3) is 4.74. The molecule has 0 spiro atoms. The minimum Gasteiger partial charge on any atom is -0.491 e. The molecule has 0 radical (unpaired) electrons. The van der Waals surface area contributed by atoms with Crippen LogP contribution < -0.4 is 15.6 Å². The van der Waals surface area contributed by atoms with E-state index in [1.54, 1.807) is 24.3 Å². The van der Waals surface area contributed by atoms with Crippen molar-refractivity contribution in [2.45, 2.75) is 20.4 Å². The number of amides is 1. The number of rotatable bonds is 6. The lowest BCUT2D eigenvalue weighted by Crippen LogP contribution is -2.28. The number of anilines is 1. The highest BCUT2D eigenvalue weighted by Crippen LogP contribution is 2.24. The van der Waals surface area contributed by atoms with Crippen molar-refractivity contribution >= 4 is 38.4 Å². The summed E-state index contributed by atoms with van der Waals surface area (Å²) in [4.78, 5) is 29.3. The number of para-hydroxylation sites is 2. The van der Waals surface area contributed by atoms with E-state index in [9.17, 15) is 9.59 Å². The lowest BCUT2D eigenvalue weighted by Gasteiger charge is -2.14. The van der Waals surface area contributed by atoms with Gasteiger partial charge in [-0.15, -0.1) is 0 Å². The Hall–Kier alpha value is -2.67. The molecule has 0 aliphatic heterocycles. The second-order valence-electron chi connectivity index (χ2n) is 6.59. The number of benzene rings is 2. The summed E-state index contributed by atoms with van der Waals surface area (Å²) in [5.74, 6) is 0.650. The fourth-order valence-corrected chi connectivity index (χ4v) is 2.90. The number of halogens is 1. The molecule has 6 nitrogen and oxygen atoms in total. The van der Waals surface area contributed by atoms with Crippen molar-refractivity contribution in [3.8, 4) is 5.75 Å². The Labute approximate surface area is 165 Å². The molecule has 0 fully saturated rings. The number of carbonyl (C=O) groups excluding carboxylic acids is 1. The summed E-state index contributed by atoms with van der Waals surface area (Å²) < 4.78 is 7.82. The number of hydrogen-bond acceptors (Lipinski definition) is 4. The fraction of sp³-hybridized carbons (Fsp3) is 0.250. The van der Waals surface area contributed by atoms with Crippen LogP contribution in [0.5, 0.6) is 5.75 Å². The first-order chi connectivity index (χ1) is 12.9. The molecule has 7 heteroatoms. The SMILES string of the molecule is CC(C)COc1ccccc1NC(=O)Cn1cnc2ccc(Br)cc2c1=O. The molecule has 0 saturated heterocycles. The van der Waals surface area contributed by atoms with Gasteiger partial charge in [0.15, 0.2) is 0 Å². The van der Waals surface area contributed by atoms with E-state index < -0.39 is 0 Å². The normalized spacial score (nSPS) is 11.0. The second-order valence-corrected chi connectivity index (χ2v) is 7.50. The molecular formula is C20H20BrN3O3. The maximum Gasteiger partial charge on any atom is 0.261 e. The van der Waals surface area contributed by atoms with Crippen LogP contribution in [0.4, 0.5) is 5.69 Å². The molecule has 1 N–H and O–H groups in total. The van der Waals surface area contributed by atoms with E-state index in [2.05, 4.69) is 40.1 Å². The van der Waals surface area contributed by atoms with Crippen molar-refractivity contribution in [1.82, 2.24) is 9.55 Å². The van der Waals surface area contributed by atoms with Gasteiger partial charge >= 0.3 is 0 Å². The van der Waals surface area contributed by atoms with E-state index in [-0.39, 0.29) is 18.0 Å². The van der Waals surface area contributed by atoms with Crippen LogP contribution in [0.3, 0.4) is 0 Å². The zero-order valence-corrected chi connectivity index (χ0v) is 16.7. The van der Waals surface area contributed by atoms with E-state index in [0.29, 0.717) is 34.9 Å². The molecule has 3 aromatic rings. The largest absolute Gasteiger partial charge is 0.491 e. The summed E-state index contributed by atoms with van der Waals surface area (Å²) in [6, 6.07) is 12.5. The Bertz CT molecular complexity index is 1030. The highest BCUT2D eigenvalue weighted by atomic mass is 79.9. The molecule has 1 amide bonds. The number of fused-ring (bicyclic) bond motifs is 1. The molecule has 1 heterocycles. The van der Waals surface area contributed by atoms with Crippen LogP contribution >= 0.6 is 15.9 Å². The number of nitrogens with one attached hydrogen (secondary N) is 1. The van der Waals surface area contributed by atoms with E-state index in [4.69, 9.17) is 4.74 Å². The average molecular weight is 430 g/mol. The van der Waals surface area contributed by atoms with Gasteiger partial charge in [0.05, 0.1) is 29.5 Å². The lowest BCUT2D eigenvalue weighted by atomic mass is 10.2. The Morgan fingerprint density at radius 2 is 2.04 bits per heavy atom. The predicted octanol–water partition coefficient (Wildman–Crippen LogP) is 3.83. The summed E-state index contributed by atoms with van der Waals surface area (Å²) in [6.07, 6.45) is 1.39. The van der Waals surface area contributed by atoms with E-state index in [0.717, 1.165) is 4.47 Å². The molecule has 140 valence electrons. The van der Waals surface area contributed by atoms with E-state index in [1.807, 2.05) is 18.2 Å². The summed E-state index contributed by atoms with van der Waals surface area (Å²) in [5, 5.41) is 3.27. The van der Waals surface area contributed by atoms with Gasteiger partial charge in [0.1, 0.15) is 12.3 Å². The van der Waals surface area contributed by atoms with Crippen molar-refractivity contribution in [3.63, 3.8) is 0 Å². The first-order valence-corrected chi connectivity index (χ1v) is 9.39. The highest BCUT2D eigenvalue weighted by molar-refractivity contribution is 9.10. The van der Waals surface area contributed by atoms with Crippen LogP contribution in [0.25, 0.3) is 10.9 Å². The van der Waals surface area contributed by atoms with Gasteiger partial charge in [-0.25, -0.2) is 4.98 Å². The average Bonchev–Trinajstić information content (AvgIpc) is 2.63. The minimum atomic E-state index is -0.325. The van der Waals surface area contributed by atoms with Crippen LogP contribution in [-0.4, -0.2) is 22.1 Å². The smallest absolute Gasteiger partial charge is 0.261 e. The molecule has 0 aliphatic carbocycles. The number of hydrogen-bond donors (Lipinski definition) is 1. The van der Waals surface area contributed by atoms with Gasteiger partial charge < -0.3 is 10.1 Å². The van der Waals surface area contributed by atoms with Crippen LogP contribution in [0, 0.1) is 5.92 Å². The number of aromatic nitrogens is 2. The summed E-state index contributed by atoms with van der Waals surface area (Å²) in [6.45, 7) is 4.53. The van der Waals surface area contributed by atoms with Gasteiger partial charge in [0.2, 0.25) is 5.91 Å². The quantitative estimate of drug-likeness (QED) is 0.645. The number of carbonyl (C=O) groups is 1. The predicted molar refractivity (Wildman–Crippen MR) is 109 cm³/mol. The maximum atomic E-state index is 12.6. The van der Waals surface area contributed by atoms with E-state index in [1.165, 1.54) is 10.9 Å². The molecule has 0 saturated carbocycles. The van der Waals surface area contributed by atoms with Crippen molar-refractivity contribution in [2.24, 2.45) is 5.92 Å². The van der Waals surface area contributed by atoms with Crippen molar-refractivity contribution in [1.29, 1.82) is 0 Å². The van der Waals surface area contributed by atoms with Crippen LogP contribution in [0.2, 0.25) is 0 Å². The van der Waals surface area contributed by atoms with Gasteiger partial charge in [-0.1, -0.05) is 41.9 Å². The third-order valence-electron chi connectivity index (χ3n) is 3.83. The molecule has 27 heavy (non-hydrogen) atoms. The molecule has 3 rings (SSSR count). The molecule has 0 atom stereocenters. The second kappa shape index (κ2) is 8.35. The highest BCUT2D eigenvalue weighted by Gasteiger charge is 2.11. The van der Waals surface area contributed by atoms with Gasteiger partial charge in [0, 0.05) is 4.47 Å². The first kappa shape index (κ1) is 19.1. The summed E-state index contributed by atoms with van der Waals surface area (Å²) >= 11 is 3.35. The monoisotopic (exact) mass is 429 g/mol. The Kier molecular flexibility index (Phi) is 5.91. The minimum absolute atomic E-state index is 0.132. The van der Waals surface area contributed by atoms with Gasteiger partial charge in [-0.3, -0.25) is 14.2 Å². The summed E-state index contributed by atoms with van der Waals surface area (Å²) in [7, 11) is 0. The van der Waals surface area contributed by atoms with Crippen LogP contribution in [0.1, 0.15) is 13.8 Å². The van der Waals surface area contributed by atoms with Crippen molar-refractivity contribution in [3.05, 3.63) is 63.6 Å². The van der Waals surface area contributed by atoms with Crippen molar-refractivity contribution < 1.29 is 9.53 Å². The van der Waals surface area contributed by atoms with Gasteiger partial charge in [-0.2, -0.15) is 0 Å². The molecule has 1 aromatic heterocycles. The zero-order chi connectivity index (χ0) is 19.4. The standard InChI is InChI=1S/C20H20BrN3O3/c1-13(2)11-27-18-6-4-3-5-17(18)23-19(25)10-24-12-22-16-8-7-14(21)9-15(16)20(24)26/h3-9,12-13H,10-11H2,1-2H3,(H,23,25). The number of ether oxygens (including phenoxy) is 1. The topological polar surface area (TPSA) is 73.2 Å². The Morgan fingerprint density at radius 3 is 2.81 bits per heavy atom. The first-order valence-electron chi connectivity index (χ1n) is 8.60. The Morgan fingerprint density at radius 1 is 1.26 bits per heavy atom. The van der Waals surface area contributed by atoms with Gasteiger partial charge in [0.25, 0.3) is 5.56 Å². The molecular weight excluding hydrogens is 410 g/mol. The number of nitrogens with zero attached hydrogens (tertiary/aromatic N) is 2. The van der Waals surface area contributed by atoms with Crippen molar-refractivity contribution in [2.75, 3.05) is 11.9 Å². The summed E-state index contributed by atoms with van der Waals surface area (Å²) in [5.41, 5.74) is 0.903. The molecule has 0 bridgehead atoms. The van der Waals surface area contributed by atoms with E-state index >= 15 is 0 Å². The molecule has 2 aromatic carbocycles. The molecule has 0 unspecified atom stereocenters. The maximum absolute atomic E-state index is 12.6. The fourth-order valence-electron chi connectivity index (χ4n) is 2.54. The third-order valence-corrected chi connectivity index (χ3v) is 4.33. The van der Waals surface area contributed by atoms with Crippen LogP contribution in [0.15, 0.2) is 58.1 Å². The lowest BCUT2D eigenvalue weighted by molar-refractivity contribution is -0.116. The van der Waals surface area contributed by atoms with Crippen LogP contribution in [-0.2, 0) is 11.3 Å². The zero-order valence-electron chi connectivity index (χ0n) is 15.1. The Balaban J connectivity index is 1.78. The molecule has 0 aliphatic rings.